The predicted molar refractivity (Wildman–Crippen MR) is 172 cm³/mol. The quantitative estimate of drug-likeness (QED) is 0.166. The van der Waals surface area contributed by atoms with Gasteiger partial charge in [0.25, 0.3) is 5.91 Å². The van der Waals surface area contributed by atoms with Gasteiger partial charge in [0.15, 0.2) is 0 Å². The fraction of sp³-hybridized carbons (Fsp3) is 0.108. The van der Waals surface area contributed by atoms with E-state index in [1.54, 1.807) is 30.3 Å². The van der Waals surface area contributed by atoms with Crippen molar-refractivity contribution in [3.8, 4) is 11.1 Å². The van der Waals surface area contributed by atoms with E-state index in [0.29, 0.717) is 17.1 Å². The van der Waals surface area contributed by atoms with Crippen molar-refractivity contribution >= 4 is 29.4 Å². The molecule has 6 nitrogen and oxygen atoms in total. The third-order valence-electron chi connectivity index (χ3n) is 7.44. The lowest BCUT2D eigenvalue weighted by Crippen LogP contribution is -2.35. The number of carboxylic acids is 1. The van der Waals surface area contributed by atoms with E-state index in [-0.39, 0.29) is 24.9 Å². The Hall–Kier alpha value is -5.20. The maximum absolute atomic E-state index is 13.4. The molecule has 44 heavy (non-hydrogen) atoms. The van der Waals surface area contributed by atoms with E-state index in [4.69, 9.17) is 11.6 Å². The summed E-state index contributed by atoms with van der Waals surface area (Å²) < 4.78 is 0. The van der Waals surface area contributed by atoms with Crippen molar-refractivity contribution in [2.24, 2.45) is 0 Å². The first-order chi connectivity index (χ1) is 21.4. The van der Waals surface area contributed by atoms with Gasteiger partial charge < -0.3 is 15.3 Å². The van der Waals surface area contributed by atoms with Crippen molar-refractivity contribution in [1.29, 1.82) is 0 Å². The fourth-order valence-corrected chi connectivity index (χ4v) is 5.34. The molecule has 0 saturated heterocycles. The van der Waals surface area contributed by atoms with Crippen LogP contribution in [0.2, 0.25) is 5.02 Å². The molecule has 0 bridgehead atoms. The van der Waals surface area contributed by atoms with Gasteiger partial charge in [-0.2, -0.15) is 0 Å². The van der Waals surface area contributed by atoms with Crippen molar-refractivity contribution < 1.29 is 19.5 Å². The summed E-state index contributed by atoms with van der Waals surface area (Å²) in [6.45, 7) is 0.587. The highest BCUT2D eigenvalue weighted by atomic mass is 35.5. The Morgan fingerprint density at radius 3 is 1.95 bits per heavy atom. The fourth-order valence-electron chi connectivity index (χ4n) is 5.21. The number of carboxylic acid groups (broad SMARTS) is 1. The van der Waals surface area contributed by atoms with Crippen LogP contribution in [0.1, 0.15) is 38.5 Å². The van der Waals surface area contributed by atoms with Gasteiger partial charge in [-0.3, -0.25) is 9.59 Å². The third-order valence-corrected chi connectivity index (χ3v) is 7.69. The molecule has 220 valence electrons. The normalized spacial score (nSPS) is 10.8. The number of carbonyl (C=O) groups excluding carboxylic acids is 2. The molecule has 0 heterocycles. The molecule has 0 aliphatic rings. The Bertz CT molecular complexity index is 1700. The summed E-state index contributed by atoms with van der Waals surface area (Å²) in [5.74, 6) is -2.75. The molecule has 2 amide bonds. The molecule has 0 aromatic heterocycles. The van der Waals surface area contributed by atoms with Gasteiger partial charge in [-0.1, -0.05) is 121 Å². The van der Waals surface area contributed by atoms with Crippen LogP contribution in [0.15, 0.2) is 133 Å². The van der Waals surface area contributed by atoms with Gasteiger partial charge in [-0.05, 0) is 57.6 Å². The van der Waals surface area contributed by atoms with Crippen LogP contribution in [0.3, 0.4) is 0 Å². The van der Waals surface area contributed by atoms with Crippen LogP contribution >= 0.6 is 11.6 Å². The van der Waals surface area contributed by atoms with E-state index >= 15 is 0 Å². The van der Waals surface area contributed by atoms with E-state index in [1.807, 2.05) is 78.9 Å². The van der Waals surface area contributed by atoms with E-state index in [0.717, 1.165) is 33.4 Å². The first-order valence-corrected chi connectivity index (χ1v) is 14.6. The number of hydrogen-bond donors (Lipinski definition) is 2. The molecule has 2 N–H and O–H groups in total. The van der Waals surface area contributed by atoms with Gasteiger partial charge >= 0.3 is 11.9 Å². The van der Waals surface area contributed by atoms with Gasteiger partial charge in [0.2, 0.25) is 0 Å². The second kappa shape index (κ2) is 14.3. The van der Waals surface area contributed by atoms with Gasteiger partial charge in [0, 0.05) is 36.1 Å². The van der Waals surface area contributed by atoms with Gasteiger partial charge in [0.1, 0.15) is 0 Å². The summed E-state index contributed by atoms with van der Waals surface area (Å²) in [5, 5.41) is 13.2. The number of carbonyl (C=O) groups is 3. The van der Waals surface area contributed by atoms with E-state index in [1.165, 1.54) is 4.90 Å². The molecule has 5 aromatic carbocycles. The van der Waals surface area contributed by atoms with Crippen LogP contribution in [0.25, 0.3) is 11.1 Å². The molecule has 0 aliphatic carbocycles. The van der Waals surface area contributed by atoms with E-state index in [2.05, 4.69) is 29.6 Å². The molecule has 0 fully saturated rings. The summed E-state index contributed by atoms with van der Waals surface area (Å²) in [6.07, 6.45) is 0. The van der Waals surface area contributed by atoms with Gasteiger partial charge in [-0.15, -0.1) is 0 Å². The predicted octanol–water partition coefficient (Wildman–Crippen LogP) is 7.18. The Labute approximate surface area is 261 Å². The van der Waals surface area contributed by atoms with Crippen LogP contribution in [0, 0.1) is 0 Å². The average Bonchev–Trinajstić information content (AvgIpc) is 3.06. The summed E-state index contributed by atoms with van der Waals surface area (Å²) in [5.41, 5.74) is 5.81. The minimum absolute atomic E-state index is 0.0105. The number of nitrogens with one attached hydrogen (secondary N) is 1. The van der Waals surface area contributed by atoms with Crippen molar-refractivity contribution in [3.63, 3.8) is 0 Å². The first kappa shape index (κ1) is 30.3. The van der Waals surface area contributed by atoms with Crippen molar-refractivity contribution in [2.75, 3.05) is 6.54 Å². The standard InChI is InChI=1S/C37H31ClN2O4/c38-32-20-18-26(19-21-32)24-40(36(42)37(43)44)25-31-14-7-8-17-33(31)29-15-9-16-30(22-29)35(41)39-23-34(27-10-3-1-4-11-27)28-12-5-2-6-13-28/h1-22,34H,23-25H2,(H,39,41)(H,43,44). The van der Waals surface area contributed by atoms with Crippen LogP contribution in [0.4, 0.5) is 0 Å². The number of benzene rings is 5. The molecule has 5 aromatic rings. The largest absolute Gasteiger partial charge is 0.474 e. The topological polar surface area (TPSA) is 86.7 Å². The summed E-state index contributed by atoms with van der Waals surface area (Å²) in [7, 11) is 0. The number of rotatable bonds is 10. The maximum Gasteiger partial charge on any atom is 0.394 e. The second-order valence-electron chi connectivity index (χ2n) is 10.4. The lowest BCUT2D eigenvalue weighted by Gasteiger charge is -2.23. The lowest BCUT2D eigenvalue weighted by molar-refractivity contribution is -0.156. The molecular formula is C37H31ClN2O4. The molecule has 5 rings (SSSR count). The van der Waals surface area contributed by atoms with E-state index in [9.17, 15) is 19.5 Å². The summed E-state index contributed by atoms with van der Waals surface area (Å²) in [6, 6.07) is 41.9. The Kier molecular flexibility index (Phi) is 9.85. The zero-order chi connectivity index (χ0) is 30.9. The lowest BCUT2D eigenvalue weighted by atomic mass is 9.91. The Morgan fingerprint density at radius 1 is 0.705 bits per heavy atom. The molecule has 7 heteroatoms. The van der Waals surface area contributed by atoms with Crippen molar-refractivity contribution in [3.05, 3.63) is 166 Å². The van der Waals surface area contributed by atoms with Crippen LogP contribution < -0.4 is 5.32 Å². The number of halogens is 1. The van der Waals surface area contributed by atoms with Crippen molar-refractivity contribution in [2.45, 2.75) is 19.0 Å². The van der Waals surface area contributed by atoms with Crippen molar-refractivity contribution in [1.82, 2.24) is 10.2 Å². The van der Waals surface area contributed by atoms with Crippen LogP contribution in [-0.4, -0.2) is 34.3 Å². The zero-order valence-electron chi connectivity index (χ0n) is 23.9. The highest BCUT2D eigenvalue weighted by Crippen LogP contribution is 2.27. The minimum Gasteiger partial charge on any atom is -0.474 e. The molecule has 0 atom stereocenters. The monoisotopic (exact) mass is 602 g/mol. The van der Waals surface area contributed by atoms with Gasteiger partial charge in [0.05, 0.1) is 0 Å². The minimum atomic E-state index is -1.53. The molecule has 0 saturated carbocycles. The molecule has 0 spiro atoms. The number of hydrogen-bond acceptors (Lipinski definition) is 3. The van der Waals surface area contributed by atoms with Crippen LogP contribution in [0.5, 0.6) is 0 Å². The molecular weight excluding hydrogens is 572 g/mol. The molecule has 0 unspecified atom stereocenters. The third kappa shape index (κ3) is 7.60. The van der Waals surface area contributed by atoms with E-state index < -0.39 is 11.9 Å². The first-order valence-electron chi connectivity index (χ1n) is 14.2. The molecule has 0 aliphatic heterocycles. The Morgan fingerprint density at radius 2 is 1.32 bits per heavy atom. The number of aliphatic carboxylic acids is 1. The van der Waals surface area contributed by atoms with Gasteiger partial charge in [-0.25, -0.2) is 4.79 Å². The number of nitrogens with zero attached hydrogens (tertiary/aromatic N) is 1. The summed E-state index contributed by atoms with van der Waals surface area (Å²) in [4.78, 5) is 39.1. The average molecular weight is 603 g/mol. The highest BCUT2D eigenvalue weighted by Gasteiger charge is 2.23. The SMILES string of the molecule is O=C(O)C(=O)N(Cc1ccc(Cl)cc1)Cc1ccccc1-c1cccc(C(=O)NCC(c2ccccc2)c2ccccc2)c1. The molecule has 0 radical (unpaired) electrons. The maximum atomic E-state index is 13.4. The zero-order valence-corrected chi connectivity index (χ0v) is 24.7. The van der Waals surface area contributed by atoms with Crippen LogP contribution in [-0.2, 0) is 22.7 Å². The smallest absolute Gasteiger partial charge is 0.394 e. The number of amides is 2. The highest BCUT2D eigenvalue weighted by molar-refractivity contribution is 6.31. The Balaban J connectivity index is 1.37. The summed E-state index contributed by atoms with van der Waals surface area (Å²) >= 11 is 6.00. The second-order valence-corrected chi connectivity index (χ2v) is 10.9.